The molecule has 1 amide bonds. The summed E-state index contributed by atoms with van der Waals surface area (Å²) in [5.74, 6) is -1.13. The number of amides is 1. The van der Waals surface area contributed by atoms with E-state index in [1.807, 2.05) is 0 Å². The predicted molar refractivity (Wildman–Crippen MR) is 71.4 cm³/mol. The van der Waals surface area contributed by atoms with E-state index in [0.717, 1.165) is 4.68 Å². The van der Waals surface area contributed by atoms with Crippen LogP contribution in [0.2, 0.25) is 0 Å². The highest BCUT2D eigenvalue weighted by Gasteiger charge is 2.22. The monoisotopic (exact) mass is 312 g/mol. The van der Waals surface area contributed by atoms with Crippen LogP contribution in [-0.2, 0) is 18.9 Å². The summed E-state index contributed by atoms with van der Waals surface area (Å²) in [7, 11) is 2.97. The Balaban J connectivity index is 1.92. The third-order valence-corrected chi connectivity index (χ3v) is 2.94. The minimum absolute atomic E-state index is 0.0538. The van der Waals surface area contributed by atoms with Crippen molar-refractivity contribution in [3.8, 4) is 0 Å². The Labute approximate surface area is 124 Å². The predicted octanol–water partition coefficient (Wildman–Crippen LogP) is 1.09. The summed E-state index contributed by atoms with van der Waals surface area (Å²) in [5.41, 5.74) is -0.0880. The maximum Gasteiger partial charge on any atom is 0.283 e. The van der Waals surface area contributed by atoms with E-state index in [2.05, 4.69) is 20.7 Å². The average molecular weight is 312 g/mol. The summed E-state index contributed by atoms with van der Waals surface area (Å²) in [6.45, 7) is 0. The normalized spacial score (nSPS) is 11.0. The maximum absolute atomic E-state index is 12.8. The first-order valence-corrected chi connectivity index (χ1v) is 6.38. The molecule has 0 fully saturated rings. The van der Waals surface area contributed by atoms with Crippen LogP contribution in [0.15, 0.2) is 12.4 Å². The zero-order valence-electron chi connectivity index (χ0n) is 12.0. The number of aryl methyl sites for hydroxylation is 2. The first kappa shape index (κ1) is 15.7. The van der Waals surface area contributed by atoms with Crippen LogP contribution in [0.3, 0.4) is 0 Å². The number of hydrogen-bond donors (Lipinski definition) is 1. The molecule has 2 rings (SSSR count). The summed E-state index contributed by atoms with van der Waals surface area (Å²) < 4.78 is 28.0. The lowest BCUT2D eigenvalue weighted by Crippen LogP contribution is -2.15. The zero-order chi connectivity index (χ0) is 16.3. The Morgan fingerprint density at radius 3 is 2.64 bits per heavy atom. The number of Topliss-reactive ketones (excluding diaryl/α,β-unsaturated/α-hetero) is 1. The summed E-state index contributed by atoms with van der Waals surface area (Å²) >= 11 is 0. The molecule has 0 aliphatic carbocycles. The summed E-state index contributed by atoms with van der Waals surface area (Å²) in [4.78, 5) is 23.5. The van der Waals surface area contributed by atoms with E-state index in [9.17, 15) is 18.4 Å². The maximum atomic E-state index is 12.8. The molecule has 0 saturated carbocycles. The second-order valence-electron chi connectivity index (χ2n) is 4.62. The average Bonchev–Trinajstić information content (AvgIpc) is 3.02. The van der Waals surface area contributed by atoms with Crippen molar-refractivity contribution in [3.05, 3.63) is 23.7 Å². The van der Waals surface area contributed by atoms with Crippen LogP contribution in [0, 0.1) is 0 Å². The summed E-state index contributed by atoms with van der Waals surface area (Å²) in [6.07, 6.45) is -0.0722. The Hall–Kier alpha value is -2.65. The van der Waals surface area contributed by atoms with Gasteiger partial charge in [0.05, 0.1) is 11.8 Å². The van der Waals surface area contributed by atoms with Crippen molar-refractivity contribution in [2.24, 2.45) is 14.1 Å². The third kappa shape index (κ3) is 3.51. The first-order valence-electron chi connectivity index (χ1n) is 6.38. The Morgan fingerprint density at radius 2 is 2.05 bits per heavy atom. The second-order valence-corrected chi connectivity index (χ2v) is 4.62. The fraction of sp³-hybridized carbons (Fsp3) is 0.417. The number of alkyl halides is 2. The number of ketones is 1. The molecule has 0 unspecified atom stereocenters. The lowest BCUT2D eigenvalue weighted by molar-refractivity contribution is -0.116. The number of halogens is 2. The molecule has 10 heteroatoms. The first-order chi connectivity index (χ1) is 10.4. The smallest absolute Gasteiger partial charge is 0.283 e. The SMILES string of the molecule is Cn1cc(C(=O)CCC(=O)Nc2nnn(C)c2C(F)F)cn1. The lowest BCUT2D eigenvalue weighted by Gasteiger charge is -2.04. The van der Waals surface area contributed by atoms with Crippen molar-refractivity contribution in [2.45, 2.75) is 19.3 Å². The van der Waals surface area contributed by atoms with Crippen LogP contribution in [0.1, 0.15) is 35.3 Å². The molecule has 2 aromatic heterocycles. The van der Waals surface area contributed by atoms with Crippen molar-refractivity contribution in [3.63, 3.8) is 0 Å². The number of anilines is 1. The highest BCUT2D eigenvalue weighted by molar-refractivity contribution is 5.99. The Bertz CT molecular complexity index is 694. The van der Waals surface area contributed by atoms with Crippen LogP contribution in [-0.4, -0.2) is 36.5 Å². The topological polar surface area (TPSA) is 94.7 Å². The van der Waals surface area contributed by atoms with Crippen LogP contribution in [0.4, 0.5) is 14.6 Å². The molecule has 1 N–H and O–H groups in total. The van der Waals surface area contributed by atoms with Crippen molar-refractivity contribution in [1.29, 1.82) is 0 Å². The highest BCUT2D eigenvalue weighted by Crippen LogP contribution is 2.24. The molecule has 22 heavy (non-hydrogen) atoms. The molecule has 118 valence electrons. The largest absolute Gasteiger partial charge is 0.307 e. The molecular weight excluding hydrogens is 298 g/mol. The molecule has 0 saturated heterocycles. The molecule has 0 aromatic carbocycles. The van der Waals surface area contributed by atoms with Crippen LogP contribution < -0.4 is 5.32 Å². The molecular formula is C12H14F2N6O2. The van der Waals surface area contributed by atoms with Gasteiger partial charge in [-0.05, 0) is 0 Å². The fourth-order valence-electron chi connectivity index (χ4n) is 1.83. The van der Waals surface area contributed by atoms with Gasteiger partial charge in [-0.1, -0.05) is 5.21 Å². The van der Waals surface area contributed by atoms with Gasteiger partial charge in [-0.3, -0.25) is 14.3 Å². The molecule has 0 spiro atoms. The minimum Gasteiger partial charge on any atom is -0.307 e. The minimum atomic E-state index is -2.81. The van der Waals surface area contributed by atoms with Gasteiger partial charge in [0.15, 0.2) is 11.6 Å². The van der Waals surface area contributed by atoms with Gasteiger partial charge >= 0.3 is 0 Å². The molecule has 0 bridgehead atoms. The quantitative estimate of drug-likeness (QED) is 0.806. The second kappa shape index (κ2) is 6.41. The van der Waals surface area contributed by atoms with Crippen molar-refractivity contribution in [1.82, 2.24) is 24.8 Å². The molecule has 2 aromatic rings. The number of carbonyl (C=O) groups excluding carboxylic acids is 2. The van der Waals surface area contributed by atoms with E-state index in [1.54, 1.807) is 7.05 Å². The van der Waals surface area contributed by atoms with E-state index < -0.39 is 18.0 Å². The number of aromatic nitrogens is 5. The highest BCUT2D eigenvalue weighted by atomic mass is 19.3. The van der Waals surface area contributed by atoms with Gasteiger partial charge in [0.25, 0.3) is 6.43 Å². The van der Waals surface area contributed by atoms with Crippen LogP contribution in [0.25, 0.3) is 0 Å². The lowest BCUT2D eigenvalue weighted by atomic mass is 10.1. The number of rotatable bonds is 6. The summed E-state index contributed by atoms with van der Waals surface area (Å²) in [6, 6.07) is 0. The zero-order valence-corrected chi connectivity index (χ0v) is 12.0. The number of nitrogens with zero attached hydrogens (tertiary/aromatic N) is 5. The molecule has 0 aliphatic heterocycles. The van der Waals surface area contributed by atoms with Crippen molar-refractivity contribution < 1.29 is 18.4 Å². The van der Waals surface area contributed by atoms with Crippen molar-refractivity contribution >= 4 is 17.5 Å². The van der Waals surface area contributed by atoms with Crippen LogP contribution >= 0.6 is 0 Å². The van der Waals surface area contributed by atoms with Gasteiger partial charge in [0.2, 0.25) is 5.91 Å². The number of hydrogen-bond acceptors (Lipinski definition) is 5. The number of nitrogens with one attached hydrogen (secondary N) is 1. The third-order valence-electron chi connectivity index (χ3n) is 2.94. The van der Waals surface area contributed by atoms with Crippen LogP contribution in [0.5, 0.6) is 0 Å². The number of carbonyl (C=O) groups is 2. The molecule has 0 atom stereocenters. The van der Waals surface area contributed by atoms with Gasteiger partial charge in [-0.25, -0.2) is 13.5 Å². The fourth-order valence-corrected chi connectivity index (χ4v) is 1.83. The van der Waals surface area contributed by atoms with Gasteiger partial charge in [0, 0.05) is 33.1 Å². The Morgan fingerprint density at radius 1 is 1.32 bits per heavy atom. The molecule has 8 nitrogen and oxygen atoms in total. The van der Waals surface area contributed by atoms with Gasteiger partial charge in [-0.2, -0.15) is 5.10 Å². The van der Waals surface area contributed by atoms with E-state index in [0.29, 0.717) is 5.56 Å². The molecule has 2 heterocycles. The Kier molecular flexibility index (Phi) is 4.59. The van der Waals surface area contributed by atoms with Gasteiger partial charge in [-0.15, -0.1) is 5.10 Å². The van der Waals surface area contributed by atoms with E-state index in [4.69, 9.17) is 0 Å². The van der Waals surface area contributed by atoms with E-state index in [1.165, 1.54) is 24.1 Å². The standard InChI is InChI=1S/C12H14F2N6O2/c1-19-6-7(5-15-19)8(21)3-4-9(22)16-12-10(11(13)14)20(2)18-17-12/h5-6,11H,3-4H2,1-2H3,(H,16,22). The van der Waals surface area contributed by atoms with E-state index >= 15 is 0 Å². The van der Waals surface area contributed by atoms with Gasteiger partial charge in [0.1, 0.15) is 5.69 Å². The van der Waals surface area contributed by atoms with E-state index in [-0.39, 0.29) is 24.4 Å². The van der Waals surface area contributed by atoms with Crippen molar-refractivity contribution in [2.75, 3.05) is 5.32 Å². The van der Waals surface area contributed by atoms with Gasteiger partial charge < -0.3 is 5.32 Å². The molecule has 0 radical (unpaired) electrons. The molecule has 0 aliphatic rings. The summed E-state index contributed by atoms with van der Waals surface area (Å²) in [5, 5.41) is 13.0.